The Kier molecular flexibility index (Phi) is 6.75. The zero-order valence-corrected chi connectivity index (χ0v) is 15.7. The molecule has 0 unspecified atom stereocenters. The van der Waals surface area contributed by atoms with Crippen molar-refractivity contribution in [1.82, 2.24) is 10.0 Å². The quantitative estimate of drug-likeness (QED) is 0.483. The maximum absolute atomic E-state index is 12.0. The van der Waals surface area contributed by atoms with Crippen LogP contribution in [-0.2, 0) is 14.8 Å². The Labute approximate surface area is 153 Å². The molecule has 146 valence electrons. The number of hydrogen-bond donors (Lipinski definition) is 4. The minimum Gasteiger partial charge on any atom is -0.387 e. The molecule has 1 saturated heterocycles. The van der Waals surface area contributed by atoms with Crippen molar-refractivity contribution in [3.05, 3.63) is 35.9 Å². The molecule has 2 rings (SSSR count). The van der Waals surface area contributed by atoms with Gasteiger partial charge in [-0.2, -0.15) is 0 Å². The molecule has 1 aliphatic rings. The zero-order chi connectivity index (χ0) is 19.4. The van der Waals surface area contributed by atoms with E-state index in [-0.39, 0.29) is 32.0 Å². The molecular formula is C17H26N2O6S. The van der Waals surface area contributed by atoms with E-state index in [9.17, 15) is 23.4 Å². The molecule has 0 aromatic heterocycles. The zero-order valence-electron chi connectivity index (χ0n) is 14.9. The van der Waals surface area contributed by atoms with E-state index in [4.69, 9.17) is 4.74 Å². The van der Waals surface area contributed by atoms with Gasteiger partial charge in [0.2, 0.25) is 10.0 Å². The molecule has 3 atom stereocenters. The summed E-state index contributed by atoms with van der Waals surface area (Å²) in [7, 11) is -3.48. The Morgan fingerprint density at radius 1 is 1.35 bits per heavy atom. The molecule has 1 amide bonds. The van der Waals surface area contributed by atoms with E-state index in [1.165, 1.54) is 0 Å². The highest BCUT2D eigenvalue weighted by molar-refractivity contribution is 7.90. The van der Waals surface area contributed by atoms with Crippen molar-refractivity contribution in [1.29, 1.82) is 0 Å². The van der Waals surface area contributed by atoms with Crippen LogP contribution in [0.2, 0.25) is 0 Å². The van der Waals surface area contributed by atoms with Crippen molar-refractivity contribution in [3.8, 4) is 0 Å². The summed E-state index contributed by atoms with van der Waals surface area (Å²) >= 11 is 0. The van der Waals surface area contributed by atoms with Crippen LogP contribution in [-0.4, -0.2) is 67.3 Å². The van der Waals surface area contributed by atoms with E-state index in [2.05, 4.69) is 10.0 Å². The largest absolute Gasteiger partial charge is 0.387 e. The summed E-state index contributed by atoms with van der Waals surface area (Å²) in [6.07, 6.45) is -2.02. The number of carbonyl (C=O) groups is 1. The van der Waals surface area contributed by atoms with Crippen LogP contribution >= 0.6 is 0 Å². The van der Waals surface area contributed by atoms with Gasteiger partial charge in [-0.3, -0.25) is 4.79 Å². The van der Waals surface area contributed by atoms with Crippen LogP contribution in [0.25, 0.3) is 0 Å². The van der Waals surface area contributed by atoms with Crippen LogP contribution in [0.5, 0.6) is 0 Å². The number of amides is 1. The molecular weight excluding hydrogens is 360 g/mol. The minimum absolute atomic E-state index is 0.0835. The van der Waals surface area contributed by atoms with Crippen molar-refractivity contribution < 1.29 is 28.2 Å². The van der Waals surface area contributed by atoms with E-state index in [0.29, 0.717) is 5.56 Å². The fourth-order valence-electron chi connectivity index (χ4n) is 2.61. The van der Waals surface area contributed by atoms with Gasteiger partial charge in [-0.25, -0.2) is 13.1 Å². The van der Waals surface area contributed by atoms with Crippen molar-refractivity contribution in [2.45, 2.75) is 43.3 Å². The predicted molar refractivity (Wildman–Crippen MR) is 96.1 cm³/mol. The summed E-state index contributed by atoms with van der Waals surface area (Å²) in [5, 5.41) is 22.9. The van der Waals surface area contributed by atoms with E-state index >= 15 is 0 Å². The first kappa shape index (κ1) is 20.8. The van der Waals surface area contributed by atoms with Crippen molar-refractivity contribution in [2.24, 2.45) is 0 Å². The van der Waals surface area contributed by atoms with Crippen molar-refractivity contribution in [3.63, 3.8) is 0 Å². The molecule has 1 aliphatic heterocycles. The second-order valence-corrected chi connectivity index (χ2v) is 9.03. The van der Waals surface area contributed by atoms with Crippen molar-refractivity contribution in [2.75, 3.05) is 19.7 Å². The van der Waals surface area contributed by atoms with Gasteiger partial charge in [0, 0.05) is 18.7 Å². The van der Waals surface area contributed by atoms with Gasteiger partial charge in [-0.1, -0.05) is 18.2 Å². The fourth-order valence-corrected chi connectivity index (χ4v) is 3.34. The third-order valence-electron chi connectivity index (χ3n) is 4.44. The summed E-state index contributed by atoms with van der Waals surface area (Å²) < 4.78 is 31.3. The molecule has 1 aromatic rings. The Morgan fingerprint density at radius 3 is 2.62 bits per heavy atom. The summed E-state index contributed by atoms with van der Waals surface area (Å²) in [6, 6.07) is 8.65. The summed E-state index contributed by atoms with van der Waals surface area (Å²) in [5.74, 6) is -0.274. The Morgan fingerprint density at radius 2 is 2.00 bits per heavy atom. The number of aliphatic hydroxyl groups is 2. The van der Waals surface area contributed by atoms with Gasteiger partial charge in [0.15, 0.2) is 0 Å². The second kappa shape index (κ2) is 8.45. The third-order valence-corrected chi connectivity index (χ3v) is 6.25. The number of nitrogens with one attached hydrogen (secondary N) is 2. The highest BCUT2D eigenvalue weighted by atomic mass is 32.2. The Balaban J connectivity index is 1.83. The van der Waals surface area contributed by atoms with Crippen LogP contribution in [0.4, 0.5) is 0 Å². The lowest BCUT2D eigenvalue weighted by atomic mass is 9.93. The maximum atomic E-state index is 12.0. The maximum Gasteiger partial charge on any atom is 0.251 e. The molecule has 8 nitrogen and oxygen atoms in total. The average molecular weight is 386 g/mol. The van der Waals surface area contributed by atoms with Gasteiger partial charge < -0.3 is 20.3 Å². The van der Waals surface area contributed by atoms with Gasteiger partial charge in [0.05, 0.1) is 18.0 Å². The molecule has 4 N–H and O–H groups in total. The number of benzene rings is 1. The smallest absolute Gasteiger partial charge is 0.251 e. The standard InChI is InChI=1S/C17H26N2O6S/c1-12(2)26(23,24)19-10-14-15(20)17(22,11-25-14)8-9-18-16(21)13-6-4-3-5-7-13/h3-7,12,14-15,19-20,22H,8-11H2,1-2H3,(H,18,21)/t14-,15-,17+/m1/s1. The van der Waals surface area contributed by atoms with Gasteiger partial charge in [-0.05, 0) is 32.4 Å². The number of carbonyl (C=O) groups excluding carboxylic acids is 1. The number of aliphatic hydroxyl groups excluding tert-OH is 1. The SMILES string of the molecule is CC(C)S(=O)(=O)NC[C@H]1OC[C@@](O)(CCNC(=O)c2ccccc2)[C@@H]1O. The van der Waals surface area contributed by atoms with Crippen LogP contribution in [0, 0.1) is 0 Å². The third kappa shape index (κ3) is 5.01. The van der Waals surface area contributed by atoms with Crippen LogP contribution in [0.1, 0.15) is 30.6 Å². The Bertz CT molecular complexity index is 709. The van der Waals surface area contributed by atoms with Gasteiger partial charge in [-0.15, -0.1) is 0 Å². The first-order chi connectivity index (χ1) is 12.2. The van der Waals surface area contributed by atoms with Crippen LogP contribution < -0.4 is 10.0 Å². The Hall–Kier alpha value is -1.52. The molecule has 0 saturated carbocycles. The highest BCUT2D eigenvalue weighted by Gasteiger charge is 2.47. The topological polar surface area (TPSA) is 125 Å². The van der Waals surface area contributed by atoms with E-state index in [0.717, 1.165) is 0 Å². The monoisotopic (exact) mass is 386 g/mol. The molecule has 0 spiro atoms. The lowest BCUT2D eigenvalue weighted by molar-refractivity contribution is -0.0536. The van der Waals surface area contributed by atoms with Crippen LogP contribution in [0.3, 0.4) is 0 Å². The summed E-state index contributed by atoms with van der Waals surface area (Å²) in [6.45, 7) is 2.97. The van der Waals surface area contributed by atoms with Crippen molar-refractivity contribution >= 4 is 15.9 Å². The molecule has 9 heteroatoms. The van der Waals surface area contributed by atoms with Gasteiger partial charge >= 0.3 is 0 Å². The summed E-state index contributed by atoms with van der Waals surface area (Å²) in [5.41, 5.74) is -1.04. The molecule has 0 radical (unpaired) electrons. The number of ether oxygens (including phenoxy) is 1. The molecule has 1 fully saturated rings. The lowest BCUT2D eigenvalue weighted by Crippen LogP contribution is -2.49. The fraction of sp³-hybridized carbons (Fsp3) is 0.588. The molecule has 26 heavy (non-hydrogen) atoms. The molecule has 1 heterocycles. The van der Waals surface area contributed by atoms with Gasteiger partial charge in [0.1, 0.15) is 11.7 Å². The first-order valence-electron chi connectivity index (χ1n) is 8.49. The average Bonchev–Trinajstić information content (AvgIpc) is 2.89. The predicted octanol–water partition coefficient (Wildman–Crippen LogP) is -0.375. The molecule has 0 aliphatic carbocycles. The summed E-state index contributed by atoms with van der Waals surface area (Å²) in [4.78, 5) is 12.0. The molecule has 0 bridgehead atoms. The van der Waals surface area contributed by atoms with Gasteiger partial charge in [0.25, 0.3) is 5.91 Å². The number of rotatable bonds is 8. The van der Waals surface area contributed by atoms with E-state index in [1.807, 2.05) is 0 Å². The van der Waals surface area contributed by atoms with Crippen LogP contribution in [0.15, 0.2) is 30.3 Å². The second-order valence-electron chi connectivity index (χ2n) is 6.71. The minimum atomic E-state index is -3.48. The lowest BCUT2D eigenvalue weighted by Gasteiger charge is -2.26. The van der Waals surface area contributed by atoms with E-state index in [1.54, 1.807) is 44.2 Å². The van der Waals surface area contributed by atoms with E-state index < -0.39 is 33.1 Å². The number of sulfonamides is 1. The highest BCUT2D eigenvalue weighted by Crippen LogP contribution is 2.27. The first-order valence-corrected chi connectivity index (χ1v) is 10.0. The normalized spacial score (nSPS) is 26.2. The number of hydrogen-bond acceptors (Lipinski definition) is 6. The molecule has 1 aromatic carbocycles.